The van der Waals surface area contributed by atoms with Crippen LogP contribution in [0.25, 0.3) is 10.1 Å². The molecule has 0 fully saturated rings. The minimum Gasteiger partial charge on any atom is -0.310 e. The van der Waals surface area contributed by atoms with Crippen molar-refractivity contribution in [2.24, 2.45) is 0 Å². The maximum Gasteiger partial charge on any atom is 0.259 e. The largest absolute Gasteiger partial charge is 0.310 e. The molecule has 0 atom stereocenters. The highest BCUT2D eigenvalue weighted by Crippen LogP contribution is 2.18. The lowest BCUT2D eigenvalue weighted by molar-refractivity contribution is 0.597. The summed E-state index contributed by atoms with van der Waals surface area (Å²) in [6, 6.07) is 8.00. The highest BCUT2D eigenvalue weighted by Gasteiger charge is 2.07. The summed E-state index contributed by atoms with van der Waals surface area (Å²) in [5, 5.41) is 2.99. The number of rotatable bonds is 2. The van der Waals surface area contributed by atoms with Gasteiger partial charge in [-0.3, -0.25) is 4.79 Å². The topological polar surface area (TPSA) is 22.0 Å². The van der Waals surface area contributed by atoms with Crippen molar-refractivity contribution < 1.29 is 4.39 Å². The summed E-state index contributed by atoms with van der Waals surface area (Å²) in [5.41, 5.74) is 0.294. The molecule has 0 saturated heterocycles. The van der Waals surface area contributed by atoms with Crippen molar-refractivity contribution in [3.63, 3.8) is 0 Å². The van der Waals surface area contributed by atoms with E-state index < -0.39 is 0 Å². The molecule has 0 amide bonds. The summed E-state index contributed by atoms with van der Waals surface area (Å²) in [6.45, 7) is 0.178. The first-order valence-electron chi connectivity index (χ1n) is 5.66. The molecule has 2 aromatic heterocycles. The molecule has 2 nitrogen and oxygen atoms in total. The van der Waals surface area contributed by atoms with Gasteiger partial charge in [-0.25, -0.2) is 4.39 Å². The molecule has 0 spiro atoms. The third-order valence-electron chi connectivity index (χ3n) is 2.94. The number of thiophene rings is 1. The van der Waals surface area contributed by atoms with Crippen LogP contribution in [0.5, 0.6) is 0 Å². The van der Waals surface area contributed by atoms with E-state index in [4.69, 9.17) is 11.6 Å². The van der Waals surface area contributed by atoms with E-state index >= 15 is 0 Å². The molecule has 2 heterocycles. The zero-order valence-corrected chi connectivity index (χ0v) is 11.3. The molecule has 0 aliphatic heterocycles. The molecular weight excluding hydrogens is 285 g/mol. The van der Waals surface area contributed by atoms with E-state index in [-0.39, 0.29) is 17.9 Å². The molecule has 0 aliphatic rings. The fraction of sp³-hybridized carbons (Fsp3) is 0.0714. The molecule has 19 heavy (non-hydrogen) atoms. The summed E-state index contributed by atoms with van der Waals surface area (Å²) < 4.78 is 16.1. The van der Waals surface area contributed by atoms with Crippen molar-refractivity contribution in [1.82, 2.24) is 4.57 Å². The van der Waals surface area contributed by atoms with Gasteiger partial charge in [0.15, 0.2) is 0 Å². The number of nitrogens with zero attached hydrogens (tertiary/aromatic N) is 1. The number of pyridine rings is 1. The Hall–Kier alpha value is -1.65. The van der Waals surface area contributed by atoms with E-state index in [1.54, 1.807) is 18.3 Å². The van der Waals surface area contributed by atoms with Crippen molar-refractivity contribution >= 4 is 33.0 Å². The normalized spacial score (nSPS) is 11.1. The lowest BCUT2D eigenvalue weighted by Crippen LogP contribution is -2.19. The molecule has 3 aromatic rings. The van der Waals surface area contributed by atoms with E-state index in [1.807, 2.05) is 11.4 Å². The van der Waals surface area contributed by atoms with Crippen LogP contribution in [0.4, 0.5) is 4.39 Å². The number of benzene rings is 1. The average molecular weight is 294 g/mol. The fourth-order valence-electron chi connectivity index (χ4n) is 1.98. The number of aromatic nitrogens is 1. The van der Waals surface area contributed by atoms with Gasteiger partial charge in [-0.15, -0.1) is 11.3 Å². The van der Waals surface area contributed by atoms with Crippen LogP contribution in [0.2, 0.25) is 5.02 Å². The summed E-state index contributed by atoms with van der Waals surface area (Å²) in [7, 11) is 0. The SMILES string of the molecule is O=c1c2ccsc2ccn1Cc1cc(Cl)ccc1F. The predicted molar refractivity (Wildman–Crippen MR) is 76.6 cm³/mol. The minimum atomic E-state index is -0.360. The van der Waals surface area contributed by atoms with Gasteiger partial charge in [-0.1, -0.05) is 11.6 Å². The second-order valence-electron chi connectivity index (χ2n) is 4.18. The number of fused-ring (bicyclic) bond motifs is 1. The van der Waals surface area contributed by atoms with E-state index in [2.05, 4.69) is 0 Å². The maximum absolute atomic E-state index is 13.7. The Morgan fingerprint density at radius 1 is 1.26 bits per heavy atom. The maximum atomic E-state index is 13.7. The monoisotopic (exact) mass is 293 g/mol. The van der Waals surface area contributed by atoms with Crippen LogP contribution in [0.3, 0.4) is 0 Å². The van der Waals surface area contributed by atoms with E-state index in [1.165, 1.54) is 28.0 Å². The van der Waals surface area contributed by atoms with Crippen LogP contribution in [-0.4, -0.2) is 4.57 Å². The highest BCUT2D eigenvalue weighted by atomic mass is 35.5. The minimum absolute atomic E-state index is 0.113. The summed E-state index contributed by atoms with van der Waals surface area (Å²) in [5.74, 6) is -0.360. The van der Waals surface area contributed by atoms with Crippen molar-refractivity contribution in [1.29, 1.82) is 0 Å². The molecule has 0 bridgehead atoms. The fourth-order valence-corrected chi connectivity index (χ4v) is 2.95. The van der Waals surface area contributed by atoms with Gasteiger partial charge in [-0.2, -0.15) is 0 Å². The third kappa shape index (κ3) is 2.29. The molecule has 96 valence electrons. The molecule has 0 unspecified atom stereocenters. The van der Waals surface area contributed by atoms with Crippen LogP contribution in [0.15, 0.2) is 46.7 Å². The summed E-state index contributed by atoms with van der Waals surface area (Å²) in [6.07, 6.45) is 1.68. The van der Waals surface area contributed by atoms with Crippen molar-refractivity contribution in [2.45, 2.75) is 6.54 Å². The van der Waals surface area contributed by atoms with E-state index in [9.17, 15) is 9.18 Å². The average Bonchev–Trinajstić information content (AvgIpc) is 2.86. The molecule has 0 radical (unpaired) electrons. The lowest BCUT2D eigenvalue weighted by Gasteiger charge is -2.07. The molecule has 0 aliphatic carbocycles. The zero-order valence-electron chi connectivity index (χ0n) is 9.77. The number of hydrogen-bond donors (Lipinski definition) is 0. The first kappa shape index (κ1) is 12.4. The van der Waals surface area contributed by atoms with E-state index in [0.29, 0.717) is 16.0 Å². The van der Waals surface area contributed by atoms with Gasteiger partial charge < -0.3 is 4.57 Å². The first-order chi connectivity index (χ1) is 9.15. The Labute approximate surface area is 117 Å². The van der Waals surface area contributed by atoms with Gasteiger partial charge in [0.2, 0.25) is 0 Å². The molecule has 0 N–H and O–H groups in total. The Balaban J connectivity index is 2.08. The summed E-state index contributed by atoms with van der Waals surface area (Å²) in [4.78, 5) is 12.2. The van der Waals surface area contributed by atoms with Crippen LogP contribution < -0.4 is 5.56 Å². The molecule has 3 rings (SSSR count). The van der Waals surface area contributed by atoms with Crippen LogP contribution in [0, 0.1) is 5.82 Å². The standard InChI is InChI=1S/C14H9ClFNOS/c15-10-1-2-12(16)9(7-10)8-17-5-3-13-11(14(17)18)4-6-19-13/h1-7H,8H2. The molecule has 5 heteroatoms. The van der Waals surface area contributed by atoms with Gasteiger partial charge in [0.05, 0.1) is 11.9 Å². The Kier molecular flexibility index (Phi) is 3.12. The Morgan fingerprint density at radius 2 is 2.11 bits per heavy atom. The first-order valence-corrected chi connectivity index (χ1v) is 6.91. The summed E-state index contributed by atoms with van der Waals surface area (Å²) >= 11 is 7.36. The lowest BCUT2D eigenvalue weighted by atomic mass is 10.2. The highest BCUT2D eigenvalue weighted by molar-refractivity contribution is 7.17. The number of hydrogen-bond acceptors (Lipinski definition) is 2. The molecule has 0 saturated carbocycles. The van der Waals surface area contributed by atoms with Gasteiger partial charge in [-0.05, 0) is 35.7 Å². The quantitative estimate of drug-likeness (QED) is 0.702. The van der Waals surface area contributed by atoms with Crippen LogP contribution >= 0.6 is 22.9 Å². The second kappa shape index (κ2) is 4.79. The van der Waals surface area contributed by atoms with Gasteiger partial charge in [0.1, 0.15) is 5.82 Å². The predicted octanol–water partition coefficient (Wildman–Crippen LogP) is 3.90. The van der Waals surface area contributed by atoms with Crippen molar-refractivity contribution in [3.8, 4) is 0 Å². The van der Waals surface area contributed by atoms with Crippen LogP contribution in [-0.2, 0) is 6.54 Å². The van der Waals surface area contributed by atoms with Crippen molar-refractivity contribution in [3.05, 3.63) is 68.7 Å². The van der Waals surface area contributed by atoms with Gasteiger partial charge in [0.25, 0.3) is 5.56 Å². The second-order valence-corrected chi connectivity index (χ2v) is 5.57. The number of halogens is 2. The van der Waals surface area contributed by atoms with Gasteiger partial charge in [0, 0.05) is 21.5 Å². The third-order valence-corrected chi connectivity index (χ3v) is 4.06. The smallest absolute Gasteiger partial charge is 0.259 e. The van der Waals surface area contributed by atoms with Crippen molar-refractivity contribution in [2.75, 3.05) is 0 Å². The molecule has 1 aromatic carbocycles. The van der Waals surface area contributed by atoms with E-state index in [0.717, 1.165) is 4.70 Å². The zero-order chi connectivity index (χ0) is 13.4. The Bertz CT molecular complexity index is 809. The van der Waals surface area contributed by atoms with Crippen LogP contribution in [0.1, 0.15) is 5.56 Å². The molecular formula is C14H9ClFNOS. The Morgan fingerprint density at radius 3 is 2.95 bits per heavy atom. The van der Waals surface area contributed by atoms with Gasteiger partial charge >= 0.3 is 0 Å².